The van der Waals surface area contributed by atoms with Crippen LogP contribution in [0.3, 0.4) is 0 Å². The number of nitrogens with zero attached hydrogens (tertiary/aromatic N) is 3. The van der Waals surface area contributed by atoms with Crippen molar-refractivity contribution in [1.82, 2.24) is 15.1 Å². The van der Waals surface area contributed by atoms with E-state index in [0.717, 1.165) is 54.9 Å². The molecule has 38 heavy (non-hydrogen) atoms. The highest BCUT2D eigenvalue weighted by molar-refractivity contribution is 5.74. The van der Waals surface area contributed by atoms with Crippen molar-refractivity contribution in [3.8, 4) is 22.9 Å². The third-order valence-electron chi connectivity index (χ3n) is 5.65. The summed E-state index contributed by atoms with van der Waals surface area (Å²) in [6, 6.07) is 10.8. The first kappa shape index (κ1) is 30.6. The maximum Gasteiger partial charge on any atom is 0.416 e. The fourth-order valence-electron chi connectivity index (χ4n) is 3.91. The third kappa shape index (κ3) is 7.70. The van der Waals surface area contributed by atoms with Crippen LogP contribution in [0.4, 0.5) is 13.2 Å². The lowest BCUT2D eigenvalue weighted by Crippen LogP contribution is -2.24. The van der Waals surface area contributed by atoms with Gasteiger partial charge in [0.25, 0.3) is 0 Å². The lowest BCUT2D eigenvalue weighted by atomic mass is 9.96. The van der Waals surface area contributed by atoms with Gasteiger partial charge in [-0.25, -0.2) is 0 Å². The molecule has 7 heteroatoms. The number of hydrogen-bond acceptors (Lipinski definition) is 4. The maximum atomic E-state index is 12.9. The van der Waals surface area contributed by atoms with E-state index >= 15 is 0 Å². The summed E-state index contributed by atoms with van der Waals surface area (Å²) >= 11 is 0. The zero-order chi connectivity index (χ0) is 28.1. The normalized spacial score (nSPS) is 13.0. The monoisotopic (exact) mass is 525 g/mol. The van der Waals surface area contributed by atoms with Crippen molar-refractivity contribution in [2.24, 2.45) is 0 Å². The van der Waals surface area contributed by atoms with Gasteiger partial charge in [0.2, 0.25) is 11.8 Å². The SMILES string of the molecule is CC.CC.CC=CCN1CC=CC=C1c1cc(-c2nnc(-c3ccc(C(F)(F)F)cc3)o2)ccc1CCC. The second kappa shape index (κ2) is 15.0. The van der Waals surface area contributed by atoms with E-state index in [1.165, 1.54) is 17.7 Å². The predicted molar refractivity (Wildman–Crippen MR) is 150 cm³/mol. The van der Waals surface area contributed by atoms with Gasteiger partial charge in [0.05, 0.1) is 5.56 Å². The van der Waals surface area contributed by atoms with E-state index in [9.17, 15) is 13.2 Å². The zero-order valence-electron chi connectivity index (χ0n) is 23.1. The number of aryl methyl sites for hydroxylation is 1. The van der Waals surface area contributed by atoms with Crippen LogP contribution in [0.1, 0.15) is 64.7 Å². The molecule has 204 valence electrons. The number of rotatable bonds is 7. The molecule has 4 rings (SSSR count). The minimum absolute atomic E-state index is 0.178. The van der Waals surface area contributed by atoms with Crippen molar-refractivity contribution in [1.29, 1.82) is 0 Å². The van der Waals surface area contributed by atoms with Crippen LogP contribution >= 0.6 is 0 Å². The van der Waals surface area contributed by atoms with Gasteiger partial charge in [-0.3, -0.25) is 0 Å². The van der Waals surface area contributed by atoms with Crippen molar-refractivity contribution in [3.63, 3.8) is 0 Å². The van der Waals surface area contributed by atoms with Gasteiger partial charge in [-0.1, -0.05) is 71.4 Å². The summed E-state index contributed by atoms with van der Waals surface area (Å²) in [6.07, 6.45) is 8.05. The van der Waals surface area contributed by atoms with Gasteiger partial charge < -0.3 is 9.32 Å². The molecule has 1 aliphatic heterocycles. The molecule has 0 spiro atoms. The second-order valence-electron chi connectivity index (χ2n) is 8.06. The van der Waals surface area contributed by atoms with E-state index in [0.29, 0.717) is 11.5 Å². The Bertz CT molecular complexity index is 1220. The molecule has 2 aromatic carbocycles. The Morgan fingerprint density at radius 2 is 1.58 bits per heavy atom. The lowest BCUT2D eigenvalue weighted by Gasteiger charge is -2.29. The van der Waals surface area contributed by atoms with Crippen LogP contribution in [0, 0.1) is 0 Å². The molecule has 0 amide bonds. The van der Waals surface area contributed by atoms with Crippen LogP contribution in [0.25, 0.3) is 28.6 Å². The molecule has 4 nitrogen and oxygen atoms in total. The largest absolute Gasteiger partial charge is 0.416 e. The molecule has 0 radical (unpaired) electrons. The highest BCUT2D eigenvalue weighted by Crippen LogP contribution is 2.33. The first-order valence-electron chi connectivity index (χ1n) is 13.3. The van der Waals surface area contributed by atoms with Crippen molar-refractivity contribution in [2.45, 2.75) is 60.6 Å². The van der Waals surface area contributed by atoms with Gasteiger partial charge in [-0.2, -0.15) is 13.2 Å². The fraction of sp³-hybridized carbons (Fsp3) is 0.355. The van der Waals surface area contributed by atoms with Crippen LogP contribution < -0.4 is 0 Å². The molecule has 3 aromatic rings. The quantitative estimate of drug-likeness (QED) is 0.288. The molecule has 1 aromatic heterocycles. The Morgan fingerprint density at radius 1 is 0.947 bits per heavy atom. The Balaban J connectivity index is 0.00000121. The zero-order valence-corrected chi connectivity index (χ0v) is 23.1. The minimum Gasteiger partial charge on any atom is -0.416 e. The Labute approximate surface area is 224 Å². The van der Waals surface area contributed by atoms with E-state index in [1.54, 1.807) is 0 Å². The number of halogens is 3. The van der Waals surface area contributed by atoms with Gasteiger partial charge in [0.15, 0.2) is 0 Å². The Morgan fingerprint density at radius 3 is 2.18 bits per heavy atom. The van der Waals surface area contributed by atoms with E-state index in [4.69, 9.17) is 4.42 Å². The molecule has 0 N–H and O–H groups in total. The maximum absolute atomic E-state index is 12.9. The molecular weight excluding hydrogens is 487 g/mol. The first-order valence-corrected chi connectivity index (χ1v) is 13.3. The smallest absolute Gasteiger partial charge is 0.416 e. The highest BCUT2D eigenvalue weighted by Gasteiger charge is 2.30. The average molecular weight is 526 g/mol. The molecule has 0 unspecified atom stereocenters. The van der Waals surface area contributed by atoms with Gasteiger partial charge in [0, 0.05) is 35.5 Å². The molecule has 2 heterocycles. The molecule has 0 atom stereocenters. The van der Waals surface area contributed by atoms with E-state index in [2.05, 4.69) is 58.5 Å². The summed E-state index contributed by atoms with van der Waals surface area (Å²) in [6.45, 7) is 13.8. The Hall–Kier alpha value is -3.61. The average Bonchev–Trinajstić information content (AvgIpc) is 3.45. The topological polar surface area (TPSA) is 42.2 Å². The highest BCUT2D eigenvalue weighted by atomic mass is 19.4. The summed E-state index contributed by atoms with van der Waals surface area (Å²) in [7, 11) is 0. The van der Waals surface area contributed by atoms with Crippen LogP contribution in [-0.2, 0) is 12.6 Å². The number of hydrogen-bond donors (Lipinski definition) is 0. The van der Waals surface area contributed by atoms with Crippen molar-refractivity contribution >= 4 is 5.70 Å². The van der Waals surface area contributed by atoms with Crippen molar-refractivity contribution in [3.05, 3.63) is 89.5 Å². The van der Waals surface area contributed by atoms with E-state index in [-0.39, 0.29) is 5.89 Å². The third-order valence-corrected chi connectivity index (χ3v) is 5.65. The summed E-state index contributed by atoms with van der Waals surface area (Å²) in [5, 5.41) is 8.24. The van der Waals surface area contributed by atoms with Crippen molar-refractivity contribution < 1.29 is 17.6 Å². The van der Waals surface area contributed by atoms with Crippen LogP contribution in [-0.4, -0.2) is 28.2 Å². The Kier molecular flexibility index (Phi) is 12.1. The lowest BCUT2D eigenvalue weighted by molar-refractivity contribution is -0.137. The predicted octanol–water partition coefficient (Wildman–Crippen LogP) is 9.22. The molecule has 0 fully saturated rings. The van der Waals surface area contributed by atoms with Gasteiger partial charge >= 0.3 is 6.18 Å². The fourth-order valence-corrected chi connectivity index (χ4v) is 3.91. The first-order chi connectivity index (χ1) is 18.4. The second-order valence-corrected chi connectivity index (χ2v) is 8.06. The summed E-state index contributed by atoms with van der Waals surface area (Å²) in [4.78, 5) is 2.31. The van der Waals surface area contributed by atoms with E-state index < -0.39 is 11.7 Å². The molecule has 0 bridgehead atoms. The molecule has 0 saturated heterocycles. The van der Waals surface area contributed by atoms with Crippen LogP contribution in [0.2, 0.25) is 0 Å². The summed E-state index contributed by atoms with van der Waals surface area (Å²) < 4.78 is 44.4. The number of alkyl halides is 3. The number of benzene rings is 2. The minimum atomic E-state index is -4.39. The molecular formula is C31H38F3N3O. The van der Waals surface area contributed by atoms with Crippen LogP contribution in [0.5, 0.6) is 0 Å². The molecule has 0 saturated carbocycles. The number of aromatic nitrogens is 2. The molecule has 0 aliphatic carbocycles. The van der Waals surface area contributed by atoms with Crippen LogP contribution in [0.15, 0.2) is 77.3 Å². The number of allylic oxidation sites excluding steroid dienone is 3. The summed E-state index contributed by atoms with van der Waals surface area (Å²) in [5.74, 6) is 0.503. The van der Waals surface area contributed by atoms with Crippen molar-refractivity contribution in [2.75, 3.05) is 13.1 Å². The van der Waals surface area contributed by atoms with Gasteiger partial charge in [0.1, 0.15) is 0 Å². The van der Waals surface area contributed by atoms with E-state index in [1.807, 2.05) is 46.8 Å². The van der Waals surface area contributed by atoms with Gasteiger partial charge in [-0.15, -0.1) is 10.2 Å². The molecule has 1 aliphatic rings. The standard InChI is InChI=1S/C27H26F3N3O.2C2H6/c1-3-5-16-33-17-7-6-9-24(33)23-18-21(11-10-19(23)8-4-2)26-32-31-25(34-26)20-12-14-22(15-13-20)27(28,29)30;2*1-2/h3,5-7,9-15,18H,4,8,16-17H2,1-2H3;2*1-2H3. The van der Waals surface area contributed by atoms with Gasteiger partial charge in [-0.05, 0) is 61.4 Å². The summed E-state index contributed by atoms with van der Waals surface area (Å²) in [5.41, 5.74) is 3.97.